The van der Waals surface area contributed by atoms with E-state index in [1.807, 2.05) is 58.4 Å². The summed E-state index contributed by atoms with van der Waals surface area (Å²) >= 11 is 9.84. The first-order valence-corrected chi connectivity index (χ1v) is 9.91. The van der Waals surface area contributed by atoms with Gasteiger partial charge in [0, 0.05) is 40.1 Å². The van der Waals surface area contributed by atoms with E-state index in [4.69, 9.17) is 11.6 Å². The summed E-state index contributed by atoms with van der Waals surface area (Å²) in [6.45, 7) is 1.57. The Hall–Kier alpha value is -1.23. The molecule has 2 nitrogen and oxygen atoms in total. The minimum atomic E-state index is 0.0961. The van der Waals surface area contributed by atoms with Gasteiger partial charge in [0.25, 0.3) is 0 Å². The zero-order valence-corrected chi connectivity index (χ0v) is 15.0. The van der Waals surface area contributed by atoms with Crippen molar-refractivity contribution >= 4 is 46.7 Å². The van der Waals surface area contributed by atoms with E-state index in [9.17, 15) is 4.79 Å². The van der Waals surface area contributed by atoms with Gasteiger partial charge in [-0.2, -0.15) is 11.8 Å². The number of carbonyl (C=O) groups excluding carboxylic acids is 1. The topological polar surface area (TPSA) is 20.3 Å². The molecular formula is C18H18ClNOS2. The highest BCUT2D eigenvalue weighted by molar-refractivity contribution is 7.99. The van der Waals surface area contributed by atoms with Crippen LogP contribution in [0.1, 0.15) is 22.1 Å². The summed E-state index contributed by atoms with van der Waals surface area (Å²) in [5.41, 5.74) is 1.18. The molecule has 2 aromatic rings. The summed E-state index contributed by atoms with van der Waals surface area (Å²) in [6.07, 6.45) is 4.52. The summed E-state index contributed by atoms with van der Waals surface area (Å²) in [6, 6.07) is 12.0. The molecule has 1 atom stereocenters. The zero-order valence-electron chi connectivity index (χ0n) is 12.7. The van der Waals surface area contributed by atoms with Crippen LogP contribution in [-0.2, 0) is 4.79 Å². The highest BCUT2D eigenvalue weighted by Gasteiger charge is 2.22. The Kier molecular flexibility index (Phi) is 5.81. The van der Waals surface area contributed by atoms with Crippen molar-refractivity contribution in [3.63, 3.8) is 0 Å². The van der Waals surface area contributed by atoms with E-state index in [-0.39, 0.29) is 5.91 Å². The number of hydrogen-bond acceptors (Lipinski definition) is 3. The van der Waals surface area contributed by atoms with Gasteiger partial charge in [-0.25, -0.2) is 0 Å². The fourth-order valence-electron chi connectivity index (χ4n) is 2.62. The summed E-state index contributed by atoms with van der Waals surface area (Å²) in [4.78, 5) is 15.4. The molecule has 0 bridgehead atoms. The molecule has 1 aromatic heterocycles. The predicted molar refractivity (Wildman–Crippen MR) is 101 cm³/mol. The number of hydrogen-bond donors (Lipinski definition) is 0. The van der Waals surface area contributed by atoms with Gasteiger partial charge in [0.15, 0.2) is 0 Å². The Bertz CT molecular complexity index is 684. The van der Waals surface area contributed by atoms with Crippen LogP contribution in [0.3, 0.4) is 0 Å². The van der Waals surface area contributed by atoms with Crippen molar-refractivity contribution in [3.8, 4) is 0 Å². The van der Waals surface area contributed by atoms with Crippen LogP contribution in [0.4, 0.5) is 0 Å². The molecule has 1 aliphatic rings. The minimum Gasteiger partial charge on any atom is -0.338 e. The SMILES string of the molecule is O=C(/C=C/c1cccs1)N1CCS[C@H](c2ccccc2Cl)CC1. The van der Waals surface area contributed by atoms with E-state index in [1.165, 1.54) is 5.56 Å². The second kappa shape index (κ2) is 8.04. The van der Waals surface area contributed by atoms with Crippen molar-refractivity contribution in [1.82, 2.24) is 4.90 Å². The van der Waals surface area contributed by atoms with Crippen LogP contribution in [0.25, 0.3) is 6.08 Å². The Labute approximate surface area is 150 Å². The second-order valence-electron chi connectivity index (χ2n) is 5.34. The van der Waals surface area contributed by atoms with Crippen LogP contribution in [-0.4, -0.2) is 29.6 Å². The number of nitrogens with zero attached hydrogens (tertiary/aromatic N) is 1. The number of thioether (sulfide) groups is 1. The Morgan fingerprint density at radius 2 is 2.09 bits per heavy atom. The molecule has 1 aliphatic heterocycles. The smallest absolute Gasteiger partial charge is 0.246 e. The molecule has 0 radical (unpaired) electrons. The lowest BCUT2D eigenvalue weighted by atomic mass is 10.1. The van der Waals surface area contributed by atoms with Crippen molar-refractivity contribution in [2.45, 2.75) is 11.7 Å². The first-order chi connectivity index (χ1) is 11.2. The Morgan fingerprint density at radius 3 is 2.87 bits per heavy atom. The monoisotopic (exact) mass is 363 g/mol. The normalized spacial score (nSPS) is 19.0. The molecule has 1 saturated heterocycles. The third-order valence-electron chi connectivity index (χ3n) is 3.84. The molecular weight excluding hydrogens is 346 g/mol. The van der Waals surface area contributed by atoms with Gasteiger partial charge in [-0.3, -0.25) is 4.79 Å². The summed E-state index contributed by atoms with van der Waals surface area (Å²) in [5, 5.41) is 3.20. The average Bonchev–Trinajstić information content (AvgIpc) is 2.96. The number of amides is 1. The molecule has 1 fully saturated rings. The highest BCUT2D eigenvalue weighted by atomic mass is 35.5. The lowest BCUT2D eigenvalue weighted by Crippen LogP contribution is -2.31. The molecule has 1 amide bonds. The quantitative estimate of drug-likeness (QED) is 0.705. The highest BCUT2D eigenvalue weighted by Crippen LogP contribution is 2.37. The summed E-state index contributed by atoms with van der Waals surface area (Å²) in [5.74, 6) is 1.04. The van der Waals surface area contributed by atoms with E-state index < -0.39 is 0 Å². The number of halogens is 1. The first kappa shape index (κ1) is 16.6. The molecule has 120 valence electrons. The van der Waals surface area contributed by atoms with Crippen molar-refractivity contribution in [1.29, 1.82) is 0 Å². The van der Waals surface area contributed by atoms with Crippen LogP contribution in [0.5, 0.6) is 0 Å². The second-order valence-corrected chi connectivity index (χ2v) is 8.04. The van der Waals surface area contributed by atoms with E-state index in [1.54, 1.807) is 17.4 Å². The largest absolute Gasteiger partial charge is 0.338 e. The molecule has 5 heteroatoms. The van der Waals surface area contributed by atoms with E-state index in [2.05, 4.69) is 6.07 Å². The van der Waals surface area contributed by atoms with Gasteiger partial charge in [0.2, 0.25) is 5.91 Å². The lowest BCUT2D eigenvalue weighted by molar-refractivity contribution is -0.125. The maximum atomic E-state index is 12.4. The van der Waals surface area contributed by atoms with Gasteiger partial charge < -0.3 is 4.90 Å². The lowest BCUT2D eigenvalue weighted by Gasteiger charge is -2.18. The van der Waals surface area contributed by atoms with Crippen molar-refractivity contribution in [2.24, 2.45) is 0 Å². The van der Waals surface area contributed by atoms with Gasteiger partial charge in [-0.05, 0) is 35.6 Å². The molecule has 0 unspecified atom stereocenters. The van der Waals surface area contributed by atoms with Crippen LogP contribution in [0.15, 0.2) is 47.9 Å². The third-order valence-corrected chi connectivity index (χ3v) is 6.33. The molecule has 3 rings (SSSR count). The third kappa shape index (κ3) is 4.40. The van der Waals surface area contributed by atoms with Crippen LogP contribution in [0.2, 0.25) is 5.02 Å². The molecule has 0 saturated carbocycles. The maximum absolute atomic E-state index is 12.4. The number of carbonyl (C=O) groups is 1. The zero-order chi connectivity index (χ0) is 16.1. The Balaban J connectivity index is 1.62. The standard InChI is InChI=1S/C18H18ClNOS2/c19-16-6-2-1-5-15(16)17-9-10-20(11-13-23-17)18(21)8-7-14-4-3-12-22-14/h1-8,12,17H,9-11,13H2/b8-7+/t17-/m0/s1. The number of thiophene rings is 1. The van der Waals surface area contributed by atoms with Gasteiger partial charge in [0.1, 0.15) is 0 Å². The van der Waals surface area contributed by atoms with E-state index >= 15 is 0 Å². The minimum absolute atomic E-state index is 0.0961. The van der Waals surface area contributed by atoms with Crippen molar-refractivity contribution in [3.05, 3.63) is 63.3 Å². The fourth-order valence-corrected chi connectivity index (χ4v) is 4.84. The molecule has 0 aliphatic carbocycles. The van der Waals surface area contributed by atoms with Crippen LogP contribution < -0.4 is 0 Å². The average molecular weight is 364 g/mol. The van der Waals surface area contributed by atoms with Crippen LogP contribution in [0, 0.1) is 0 Å². The predicted octanol–water partition coefficient (Wildman–Crippen LogP) is 5.12. The maximum Gasteiger partial charge on any atom is 0.246 e. The molecule has 0 N–H and O–H groups in total. The summed E-state index contributed by atoms with van der Waals surface area (Å²) < 4.78 is 0. The molecule has 1 aromatic carbocycles. The molecule has 2 heterocycles. The molecule has 23 heavy (non-hydrogen) atoms. The number of benzene rings is 1. The number of rotatable bonds is 3. The summed E-state index contributed by atoms with van der Waals surface area (Å²) in [7, 11) is 0. The van der Waals surface area contributed by atoms with Crippen LogP contribution >= 0.6 is 34.7 Å². The fraction of sp³-hybridized carbons (Fsp3) is 0.278. The first-order valence-electron chi connectivity index (χ1n) is 7.60. The van der Waals surface area contributed by atoms with Gasteiger partial charge in [-0.1, -0.05) is 35.9 Å². The Morgan fingerprint density at radius 1 is 1.22 bits per heavy atom. The van der Waals surface area contributed by atoms with Gasteiger partial charge >= 0.3 is 0 Å². The van der Waals surface area contributed by atoms with Crippen molar-refractivity contribution in [2.75, 3.05) is 18.8 Å². The van der Waals surface area contributed by atoms with Crippen molar-refractivity contribution < 1.29 is 4.79 Å². The van der Waals surface area contributed by atoms with E-state index in [0.717, 1.165) is 35.2 Å². The van der Waals surface area contributed by atoms with Gasteiger partial charge in [-0.15, -0.1) is 11.3 Å². The molecule has 0 spiro atoms. The van der Waals surface area contributed by atoms with Gasteiger partial charge in [0.05, 0.1) is 0 Å². The van der Waals surface area contributed by atoms with E-state index in [0.29, 0.717) is 5.25 Å².